The van der Waals surface area contributed by atoms with E-state index in [0.717, 1.165) is 24.7 Å². The normalized spacial score (nSPS) is 51.7. The molecule has 0 saturated heterocycles. The van der Waals surface area contributed by atoms with Crippen molar-refractivity contribution in [1.29, 1.82) is 5.26 Å². The lowest BCUT2D eigenvalue weighted by Gasteiger charge is -2.46. The van der Waals surface area contributed by atoms with Gasteiger partial charge in [-0.1, -0.05) is 0 Å². The Bertz CT molecular complexity index is 298. The van der Waals surface area contributed by atoms with Gasteiger partial charge in [-0.05, 0) is 56.3 Å². The third-order valence-corrected chi connectivity index (χ3v) is 4.68. The van der Waals surface area contributed by atoms with Crippen LogP contribution in [-0.4, -0.2) is 5.54 Å². The van der Waals surface area contributed by atoms with Crippen molar-refractivity contribution in [3.63, 3.8) is 0 Å². The van der Waals surface area contributed by atoms with Crippen molar-refractivity contribution in [2.24, 2.45) is 29.4 Å². The van der Waals surface area contributed by atoms with Gasteiger partial charge in [-0.2, -0.15) is 5.26 Å². The first kappa shape index (κ1) is 11.2. The monoisotopic (exact) mass is 226 g/mol. The van der Waals surface area contributed by atoms with Crippen LogP contribution >= 0.6 is 12.4 Å². The van der Waals surface area contributed by atoms with E-state index in [1.165, 1.54) is 25.7 Å². The Labute approximate surface area is 97.6 Å². The van der Waals surface area contributed by atoms with E-state index < -0.39 is 0 Å². The molecule has 0 amide bonds. The van der Waals surface area contributed by atoms with Crippen LogP contribution in [-0.2, 0) is 0 Å². The molecule has 3 heteroatoms. The first-order valence-corrected chi connectivity index (χ1v) is 5.87. The van der Waals surface area contributed by atoms with Gasteiger partial charge in [0.1, 0.15) is 0 Å². The molecule has 84 valence electrons. The Morgan fingerprint density at radius 3 is 2.33 bits per heavy atom. The molecule has 4 rings (SSSR count). The Morgan fingerprint density at radius 1 is 1.07 bits per heavy atom. The average Bonchev–Trinajstić information content (AvgIpc) is 2.26. The first-order chi connectivity index (χ1) is 6.68. The van der Waals surface area contributed by atoms with Crippen molar-refractivity contribution in [3.05, 3.63) is 0 Å². The summed E-state index contributed by atoms with van der Waals surface area (Å²) >= 11 is 0. The molecule has 15 heavy (non-hydrogen) atoms. The van der Waals surface area contributed by atoms with E-state index in [2.05, 4.69) is 6.07 Å². The van der Waals surface area contributed by atoms with Crippen LogP contribution in [0.25, 0.3) is 0 Å². The highest BCUT2D eigenvalue weighted by atomic mass is 35.5. The van der Waals surface area contributed by atoms with Gasteiger partial charge in [0.2, 0.25) is 0 Å². The summed E-state index contributed by atoms with van der Waals surface area (Å²) in [7, 11) is 0. The van der Waals surface area contributed by atoms with E-state index in [1.807, 2.05) is 0 Å². The molecule has 0 radical (unpaired) electrons. The maximum Gasteiger partial charge on any atom is 0.0658 e. The third-order valence-electron chi connectivity index (χ3n) is 4.68. The van der Waals surface area contributed by atoms with E-state index in [0.29, 0.717) is 11.8 Å². The van der Waals surface area contributed by atoms with Crippen molar-refractivity contribution in [3.8, 4) is 6.07 Å². The fourth-order valence-corrected chi connectivity index (χ4v) is 4.45. The van der Waals surface area contributed by atoms with Gasteiger partial charge in [-0.15, -0.1) is 12.4 Å². The Morgan fingerprint density at radius 2 is 1.73 bits per heavy atom. The maximum absolute atomic E-state index is 9.16. The molecular formula is C12H19ClN2. The topological polar surface area (TPSA) is 49.8 Å². The molecule has 4 bridgehead atoms. The summed E-state index contributed by atoms with van der Waals surface area (Å²) in [6.45, 7) is 0. The minimum Gasteiger partial charge on any atom is -0.325 e. The molecule has 0 unspecified atom stereocenters. The summed E-state index contributed by atoms with van der Waals surface area (Å²) in [5.41, 5.74) is 6.54. The fraction of sp³-hybridized carbons (Fsp3) is 0.917. The second kappa shape index (κ2) is 3.64. The molecule has 0 heterocycles. The van der Waals surface area contributed by atoms with Crippen LogP contribution in [0.2, 0.25) is 0 Å². The van der Waals surface area contributed by atoms with Gasteiger partial charge in [-0.3, -0.25) is 0 Å². The minimum atomic E-state index is 0. The van der Waals surface area contributed by atoms with Gasteiger partial charge >= 0.3 is 0 Å². The Kier molecular flexibility index (Phi) is 2.73. The molecular weight excluding hydrogens is 208 g/mol. The van der Waals surface area contributed by atoms with Crippen LogP contribution in [0.4, 0.5) is 0 Å². The first-order valence-electron chi connectivity index (χ1n) is 5.87. The summed E-state index contributed by atoms with van der Waals surface area (Å²) in [4.78, 5) is 0. The zero-order valence-corrected chi connectivity index (χ0v) is 9.80. The molecule has 0 aromatic heterocycles. The van der Waals surface area contributed by atoms with Crippen molar-refractivity contribution in [2.75, 3.05) is 0 Å². The fourth-order valence-electron chi connectivity index (χ4n) is 4.45. The molecule has 4 aliphatic carbocycles. The van der Waals surface area contributed by atoms with Crippen molar-refractivity contribution >= 4 is 12.4 Å². The average molecular weight is 227 g/mol. The highest BCUT2D eigenvalue weighted by Gasteiger charge is 2.49. The second-order valence-electron chi connectivity index (χ2n) is 5.91. The van der Waals surface area contributed by atoms with Gasteiger partial charge in [0, 0.05) is 11.5 Å². The highest BCUT2D eigenvalue weighted by molar-refractivity contribution is 5.85. The van der Waals surface area contributed by atoms with E-state index in [1.54, 1.807) is 0 Å². The quantitative estimate of drug-likeness (QED) is 0.690. The van der Waals surface area contributed by atoms with E-state index in [-0.39, 0.29) is 17.9 Å². The number of fused-ring (bicyclic) bond motifs is 1. The number of hydrogen-bond acceptors (Lipinski definition) is 2. The predicted octanol–water partition coefficient (Wildman–Crippen LogP) is 2.48. The SMILES string of the molecule is Cl.N#C[C@@H]1C[C@@H]2C[C@@H]3C[C@H]1C[C@@](N)(C3)C2. The Hall–Kier alpha value is -0.260. The van der Waals surface area contributed by atoms with Crippen LogP contribution in [0.5, 0.6) is 0 Å². The van der Waals surface area contributed by atoms with E-state index >= 15 is 0 Å². The van der Waals surface area contributed by atoms with Gasteiger partial charge in [0.05, 0.1) is 6.07 Å². The standard InChI is InChI=1S/C12H18N2.ClH/c13-7-11-3-9-1-8-2-10(11)6-12(14,4-8)5-9;/h8-11H,1-6,14H2;1H/t8-,9+,10+,11+,12-;/m1./s1. The number of halogens is 1. The molecule has 5 atom stereocenters. The highest BCUT2D eigenvalue weighted by Crippen LogP contribution is 2.53. The van der Waals surface area contributed by atoms with Gasteiger partial charge in [-0.25, -0.2) is 0 Å². The molecule has 4 aliphatic rings. The van der Waals surface area contributed by atoms with E-state index in [4.69, 9.17) is 11.0 Å². The molecule has 0 spiro atoms. The largest absolute Gasteiger partial charge is 0.325 e. The van der Waals surface area contributed by atoms with Crippen LogP contribution in [0.1, 0.15) is 38.5 Å². The molecule has 2 N–H and O–H groups in total. The smallest absolute Gasteiger partial charge is 0.0658 e. The minimum absolute atomic E-state index is 0. The molecule has 4 fully saturated rings. The van der Waals surface area contributed by atoms with Crippen LogP contribution in [0.3, 0.4) is 0 Å². The Balaban J connectivity index is 0.000000853. The van der Waals surface area contributed by atoms with Crippen LogP contribution in [0, 0.1) is 35.0 Å². The number of nitrogens with two attached hydrogens (primary N) is 1. The molecule has 4 saturated carbocycles. The zero-order valence-electron chi connectivity index (χ0n) is 8.98. The molecule has 0 aliphatic heterocycles. The van der Waals surface area contributed by atoms with Crippen molar-refractivity contribution in [2.45, 2.75) is 44.1 Å². The lowest BCUT2D eigenvalue weighted by Crippen LogP contribution is -2.50. The number of nitriles is 1. The number of nitrogens with zero attached hydrogens (tertiary/aromatic N) is 1. The number of rotatable bonds is 0. The van der Waals surface area contributed by atoms with Crippen molar-refractivity contribution < 1.29 is 0 Å². The van der Waals surface area contributed by atoms with Gasteiger partial charge in [0.25, 0.3) is 0 Å². The zero-order chi connectivity index (χ0) is 9.76. The van der Waals surface area contributed by atoms with Crippen molar-refractivity contribution in [1.82, 2.24) is 0 Å². The third kappa shape index (κ3) is 1.77. The summed E-state index contributed by atoms with van der Waals surface area (Å²) in [6, 6.07) is 2.52. The van der Waals surface area contributed by atoms with Gasteiger partial charge in [0.15, 0.2) is 0 Å². The summed E-state index contributed by atoms with van der Waals surface area (Å²) in [5.74, 6) is 2.54. The number of hydrogen-bond donors (Lipinski definition) is 1. The van der Waals surface area contributed by atoms with Crippen LogP contribution in [0.15, 0.2) is 0 Å². The van der Waals surface area contributed by atoms with Crippen LogP contribution < -0.4 is 5.73 Å². The molecule has 0 aromatic rings. The lowest BCUT2D eigenvalue weighted by atomic mass is 9.63. The molecule has 0 aromatic carbocycles. The second-order valence-corrected chi connectivity index (χ2v) is 5.91. The molecule has 2 nitrogen and oxygen atoms in total. The predicted molar refractivity (Wildman–Crippen MR) is 61.4 cm³/mol. The van der Waals surface area contributed by atoms with E-state index in [9.17, 15) is 0 Å². The summed E-state index contributed by atoms with van der Waals surface area (Å²) in [5, 5.41) is 9.16. The lowest BCUT2D eigenvalue weighted by molar-refractivity contribution is 0.101. The summed E-state index contributed by atoms with van der Waals surface area (Å²) in [6.07, 6.45) is 7.33. The maximum atomic E-state index is 9.16. The van der Waals surface area contributed by atoms with Gasteiger partial charge < -0.3 is 5.73 Å². The summed E-state index contributed by atoms with van der Waals surface area (Å²) < 4.78 is 0.